The molecule has 0 unspecified atom stereocenters. The Morgan fingerprint density at radius 3 is 2.63 bits per heavy atom. The number of rotatable bonds is 4. The van der Waals surface area contributed by atoms with Gasteiger partial charge >= 0.3 is 0 Å². The van der Waals surface area contributed by atoms with Crippen LogP contribution < -0.4 is 14.2 Å². The van der Waals surface area contributed by atoms with Gasteiger partial charge in [-0.15, -0.1) is 5.10 Å². The smallest absolute Gasteiger partial charge is 0.262 e. The maximum absolute atomic E-state index is 14.2. The number of hydrogen-bond acceptors (Lipinski definition) is 7. The highest BCUT2D eigenvalue weighted by atomic mass is 32.2. The molecule has 0 amide bonds. The molecule has 2 heterocycles. The fourth-order valence-corrected chi connectivity index (χ4v) is 3.66. The summed E-state index contributed by atoms with van der Waals surface area (Å²) in [4.78, 5) is -0.0739. The van der Waals surface area contributed by atoms with Crippen molar-refractivity contribution in [1.29, 1.82) is 0 Å². The summed E-state index contributed by atoms with van der Waals surface area (Å²) in [5, 5.41) is 11.1. The van der Waals surface area contributed by atoms with E-state index >= 15 is 0 Å². The third-order valence-corrected chi connectivity index (χ3v) is 5.25. The van der Waals surface area contributed by atoms with E-state index in [1.165, 1.54) is 35.0 Å². The van der Waals surface area contributed by atoms with Gasteiger partial charge in [0.1, 0.15) is 19.0 Å². The maximum atomic E-state index is 14.2. The Morgan fingerprint density at radius 2 is 1.89 bits per heavy atom. The molecule has 9 nitrogen and oxygen atoms in total. The summed E-state index contributed by atoms with van der Waals surface area (Å²) in [6, 6.07) is 8.10. The molecule has 0 saturated heterocycles. The first-order valence-corrected chi connectivity index (χ1v) is 9.40. The van der Waals surface area contributed by atoms with E-state index in [0.29, 0.717) is 36.2 Å². The van der Waals surface area contributed by atoms with E-state index < -0.39 is 15.8 Å². The maximum Gasteiger partial charge on any atom is 0.262 e. The van der Waals surface area contributed by atoms with Crippen LogP contribution in [0.3, 0.4) is 0 Å². The van der Waals surface area contributed by atoms with Crippen LogP contribution in [0.15, 0.2) is 41.3 Å². The second-order valence-corrected chi connectivity index (χ2v) is 7.40. The van der Waals surface area contributed by atoms with Gasteiger partial charge in [-0.05, 0) is 47.7 Å². The Bertz CT molecular complexity index is 1120. The Labute approximate surface area is 153 Å². The molecule has 2 aromatic carbocycles. The molecule has 1 N–H and O–H groups in total. The summed E-state index contributed by atoms with van der Waals surface area (Å²) >= 11 is 0. The molecule has 0 radical (unpaired) electrons. The van der Waals surface area contributed by atoms with E-state index in [2.05, 4.69) is 20.2 Å². The van der Waals surface area contributed by atoms with Crippen LogP contribution in [0, 0.1) is 12.7 Å². The molecule has 3 aromatic rings. The Balaban J connectivity index is 1.68. The number of aromatic nitrogens is 4. The SMILES string of the molecule is Cc1nnnn1-c1ccc(F)c(NS(=O)(=O)c2ccc3c(c2)OCCO3)c1. The first-order valence-electron chi connectivity index (χ1n) is 7.91. The molecule has 1 aliphatic heterocycles. The van der Waals surface area contributed by atoms with Crippen LogP contribution in [0.25, 0.3) is 5.69 Å². The molecule has 1 aliphatic rings. The van der Waals surface area contributed by atoms with E-state index in [1.807, 2.05) is 0 Å². The van der Waals surface area contributed by atoms with E-state index in [9.17, 15) is 12.8 Å². The first kappa shape index (κ1) is 17.2. The van der Waals surface area contributed by atoms with Crippen molar-refractivity contribution in [2.75, 3.05) is 17.9 Å². The predicted molar refractivity (Wildman–Crippen MR) is 92.1 cm³/mol. The average Bonchev–Trinajstić information content (AvgIpc) is 3.09. The van der Waals surface area contributed by atoms with Gasteiger partial charge in [0.25, 0.3) is 10.0 Å². The van der Waals surface area contributed by atoms with E-state index in [0.717, 1.165) is 6.07 Å². The van der Waals surface area contributed by atoms with Gasteiger partial charge in [0.15, 0.2) is 17.3 Å². The summed E-state index contributed by atoms with van der Waals surface area (Å²) in [6.07, 6.45) is 0. The second-order valence-electron chi connectivity index (χ2n) is 5.71. The highest BCUT2D eigenvalue weighted by molar-refractivity contribution is 7.92. The molecule has 27 heavy (non-hydrogen) atoms. The molecule has 0 atom stereocenters. The molecule has 1 aromatic heterocycles. The number of nitrogens with zero attached hydrogens (tertiary/aromatic N) is 4. The van der Waals surface area contributed by atoms with Gasteiger partial charge in [0, 0.05) is 6.07 Å². The molecule has 4 rings (SSSR count). The topological polar surface area (TPSA) is 108 Å². The van der Waals surface area contributed by atoms with Crippen LogP contribution >= 0.6 is 0 Å². The molecule has 140 valence electrons. The van der Waals surface area contributed by atoms with Gasteiger partial charge in [-0.25, -0.2) is 12.8 Å². The van der Waals surface area contributed by atoms with Crippen LogP contribution in [0.4, 0.5) is 10.1 Å². The van der Waals surface area contributed by atoms with Crippen LogP contribution in [0.2, 0.25) is 0 Å². The summed E-state index contributed by atoms with van der Waals surface area (Å²) in [6.45, 7) is 2.39. The van der Waals surface area contributed by atoms with Crippen molar-refractivity contribution < 1.29 is 22.3 Å². The fraction of sp³-hybridized carbons (Fsp3) is 0.188. The highest BCUT2D eigenvalue weighted by Gasteiger charge is 2.21. The lowest BCUT2D eigenvalue weighted by molar-refractivity contribution is 0.171. The standard InChI is InChI=1S/C16H14FN5O4S/c1-10-18-20-21-22(10)11-2-4-13(17)14(8-11)19-27(23,24)12-3-5-15-16(9-12)26-7-6-25-15/h2-5,8-9,19H,6-7H2,1H3. The Hall–Kier alpha value is -3.21. The molecule has 0 aliphatic carbocycles. The number of fused-ring (bicyclic) bond motifs is 1. The minimum Gasteiger partial charge on any atom is -0.486 e. The normalized spacial score (nSPS) is 13.4. The number of ether oxygens (including phenoxy) is 2. The largest absolute Gasteiger partial charge is 0.486 e. The van der Waals surface area contributed by atoms with Gasteiger partial charge in [-0.1, -0.05) is 0 Å². The zero-order valence-electron chi connectivity index (χ0n) is 14.1. The number of nitrogens with one attached hydrogen (secondary N) is 1. The van der Waals surface area contributed by atoms with E-state index in [-0.39, 0.29) is 10.6 Å². The van der Waals surface area contributed by atoms with Crippen LogP contribution in [-0.4, -0.2) is 41.8 Å². The minimum atomic E-state index is -4.05. The lowest BCUT2D eigenvalue weighted by atomic mass is 10.2. The third kappa shape index (κ3) is 3.28. The number of benzene rings is 2. The van der Waals surface area contributed by atoms with Gasteiger partial charge in [-0.3, -0.25) is 4.72 Å². The van der Waals surface area contributed by atoms with Gasteiger partial charge in [-0.2, -0.15) is 4.68 Å². The summed E-state index contributed by atoms with van der Waals surface area (Å²) in [7, 11) is -4.05. The predicted octanol–water partition coefficient (Wildman–Crippen LogP) is 1.68. The van der Waals surface area contributed by atoms with Crippen LogP contribution in [0.5, 0.6) is 11.5 Å². The van der Waals surface area contributed by atoms with Crippen molar-refractivity contribution in [2.45, 2.75) is 11.8 Å². The Kier molecular flexibility index (Phi) is 4.15. The van der Waals surface area contributed by atoms with Crippen molar-refractivity contribution in [3.05, 3.63) is 48.0 Å². The lowest BCUT2D eigenvalue weighted by Gasteiger charge is -2.19. The van der Waals surface area contributed by atoms with Crippen LogP contribution in [0.1, 0.15) is 5.82 Å². The van der Waals surface area contributed by atoms with Crippen molar-refractivity contribution in [3.8, 4) is 17.2 Å². The molecule has 11 heteroatoms. The third-order valence-electron chi connectivity index (χ3n) is 3.89. The van der Waals surface area contributed by atoms with Crippen LogP contribution in [-0.2, 0) is 10.0 Å². The van der Waals surface area contributed by atoms with Crippen molar-refractivity contribution in [1.82, 2.24) is 20.2 Å². The number of aryl methyl sites for hydroxylation is 1. The fourth-order valence-electron chi connectivity index (χ4n) is 2.59. The summed E-state index contributed by atoms with van der Waals surface area (Å²) < 4.78 is 54.0. The molecular formula is C16H14FN5O4S. The van der Waals surface area contributed by atoms with Crippen molar-refractivity contribution in [3.63, 3.8) is 0 Å². The summed E-state index contributed by atoms with van der Waals surface area (Å²) in [5.41, 5.74) is 0.191. The Morgan fingerprint density at radius 1 is 1.11 bits per heavy atom. The quantitative estimate of drug-likeness (QED) is 0.721. The number of hydrogen-bond donors (Lipinski definition) is 1. The van der Waals surface area contributed by atoms with Gasteiger partial charge in [0.2, 0.25) is 0 Å². The number of tetrazole rings is 1. The van der Waals surface area contributed by atoms with E-state index in [4.69, 9.17) is 9.47 Å². The number of anilines is 1. The second kappa shape index (κ2) is 6.50. The van der Waals surface area contributed by atoms with Gasteiger partial charge < -0.3 is 9.47 Å². The number of halogens is 1. The average molecular weight is 391 g/mol. The van der Waals surface area contributed by atoms with E-state index in [1.54, 1.807) is 6.92 Å². The summed E-state index contributed by atoms with van der Waals surface area (Å²) in [5.74, 6) is 0.526. The zero-order chi connectivity index (χ0) is 19.0. The molecule has 0 bridgehead atoms. The molecule has 0 fully saturated rings. The van der Waals surface area contributed by atoms with Crippen molar-refractivity contribution in [2.24, 2.45) is 0 Å². The zero-order valence-corrected chi connectivity index (χ0v) is 14.9. The number of sulfonamides is 1. The molecular weight excluding hydrogens is 377 g/mol. The van der Waals surface area contributed by atoms with Crippen molar-refractivity contribution >= 4 is 15.7 Å². The highest BCUT2D eigenvalue weighted by Crippen LogP contribution is 2.33. The molecule has 0 spiro atoms. The first-order chi connectivity index (χ1) is 12.9. The monoisotopic (exact) mass is 391 g/mol. The molecule has 0 saturated carbocycles. The lowest BCUT2D eigenvalue weighted by Crippen LogP contribution is -2.18. The minimum absolute atomic E-state index is 0.0739. The van der Waals surface area contributed by atoms with Gasteiger partial charge in [0.05, 0.1) is 16.3 Å².